The van der Waals surface area contributed by atoms with Gasteiger partial charge in [-0.2, -0.15) is 18.3 Å². The first kappa shape index (κ1) is 14.9. The molecule has 0 amide bonds. The number of hydrazone groups is 1. The van der Waals surface area contributed by atoms with Gasteiger partial charge in [0.25, 0.3) is 0 Å². The van der Waals surface area contributed by atoms with E-state index < -0.39 is 11.7 Å². The van der Waals surface area contributed by atoms with Crippen LogP contribution in [0.3, 0.4) is 0 Å². The Bertz CT molecular complexity index is 604. The van der Waals surface area contributed by atoms with Crippen molar-refractivity contribution in [1.82, 2.24) is 0 Å². The minimum atomic E-state index is -4.33. The van der Waals surface area contributed by atoms with Crippen molar-refractivity contribution in [2.75, 3.05) is 12.5 Å². The molecule has 0 aliphatic carbocycles. The van der Waals surface area contributed by atoms with Crippen LogP contribution in [0.15, 0.2) is 53.6 Å². The van der Waals surface area contributed by atoms with Crippen LogP contribution >= 0.6 is 0 Å². The summed E-state index contributed by atoms with van der Waals surface area (Å²) in [5.41, 5.74) is 3.31. The number of alkyl halides is 3. The highest BCUT2D eigenvalue weighted by Crippen LogP contribution is 2.29. The SMILES string of the molecule is COc1ccc(C=NNc2ccc(C(F)(F)F)cc2)cc1. The summed E-state index contributed by atoms with van der Waals surface area (Å²) in [6.45, 7) is 0. The Kier molecular flexibility index (Phi) is 4.47. The van der Waals surface area contributed by atoms with E-state index in [1.807, 2.05) is 12.1 Å². The van der Waals surface area contributed by atoms with Crippen LogP contribution < -0.4 is 10.2 Å². The van der Waals surface area contributed by atoms with Crippen molar-refractivity contribution in [2.24, 2.45) is 5.10 Å². The summed E-state index contributed by atoms with van der Waals surface area (Å²) in [5, 5.41) is 3.96. The molecule has 0 unspecified atom stereocenters. The van der Waals surface area contributed by atoms with Gasteiger partial charge in [-0.15, -0.1) is 0 Å². The maximum absolute atomic E-state index is 12.4. The third-order valence-corrected chi connectivity index (χ3v) is 2.74. The van der Waals surface area contributed by atoms with Crippen LogP contribution in [-0.2, 0) is 6.18 Å². The third-order valence-electron chi connectivity index (χ3n) is 2.74. The summed E-state index contributed by atoms with van der Waals surface area (Å²) < 4.78 is 42.2. The number of hydrogen-bond donors (Lipinski definition) is 1. The standard InChI is InChI=1S/C15H13F3N2O/c1-21-14-8-2-11(3-9-14)10-19-20-13-6-4-12(5-7-13)15(16,17)18/h2-10,20H,1H3. The quantitative estimate of drug-likeness (QED) is 0.678. The second kappa shape index (κ2) is 6.30. The van der Waals surface area contributed by atoms with Gasteiger partial charge in [-0.3, -0.25) is 5.43 Å². The topological polar surface area (TPSA) is 33.6 Å². The fourth-order valence-electron chi connectivity index (χ4n) is 1.61. The van der Waals surface area contributed by atoms with Crippen molar-refractivity contribution < 1.29 is 17.9 Å². The van der Waals surface area contributed by atoms with Gasteiger partial charge in [0.2, 0.25) is 0 Å². The van der Waals surface area contributed by atoms with Gasteiger partial charge in [-0.05, 0) is 54.1 Å². The van der Waals surface area contributed by atoms with Crippen LogP contribution in [0.2, 0.25) is 0 Å². The molecule has 0 bridgehead atoms. The fourth-order valence-corrected chi connectivity index (χ4v) is 1.61. The molecule has 0 aliphatic heterocycles. The van der Waals surface area contributed by atoms with E-state index in [4.69, 9.17) is 4.74 Å². The van der Waals surface area contributed by atoms with Gasteiger partial charge in [0.15, 0.2) is 0 Å². The highest BCUT2D eigenvalue weighted by atomic mass is 19.4. The molecule has 6 heteroatoms. The predicted octanol–water partition coefficient (Wildman–Crippen LogP) is 4.16. The number of nitrogens with zero attached hydrogens (tertiary/aromatic N) is 1. The second-order valence-corrected chi connectivity index (χ2v) is 4.22. The zero-order chi connectivity index (χ0) is 15.3. The molecule has 0 saturated carbocycles. The summed E-state index contributed by atoms with van der Waals surface area (Å²) in [6, 6.07) is 11.9. The summed E-state index contributed by atoms with van der Waals surface area (Å²) >= 11 is 0. The first-order chi connectivity index (χ1) is 9.99. The van der Waals surface area contributed by atoms with Gasteiger partial charge in [0, 0.05) is 0 Å². The number of anilines is 1. The highest BCUT2D eigenvalue weighted by Gasteiger charge is 2.29. The van der Waals surface area contributed by atoms with Crippen molar-refractivity contribution in [3.63, 3.8) is 0 Å². The monoisotopic (exact) mass is 294 g/mol. The molecule has 0 spiro atoms. The van der Waals surface area contributed by atoms with Gasteiger partial charge < -0.3 is 4.74 Å². The molecule has 0 fully saturated rings. The third kappa shape index (κ3) is 4.24. The van der Waals surface area contributed by atoms with Crippen LogP contribution in [0.5, 0.6) is 5.75 Å². The predicted molar refractivity (Wildman–Crippen MR) is 75.7 cm³/mol. The number of hydrogen-bond acceptors (Lipinski definition) is 3. The van der Waals surface area contributed by atoms with E-state index in [0.717, 1.165) is 23.4 Å². The Labute approximate surface area is 120 Å². The number of benzene rings is 2. The molecule has 0 aromatic heterocycles. The number of methoxy groups -OCH3 is 1. The molecular formula is C15H13F3N2O. The van der Waals surface area contributed by atoms with E-state index >= 15 is 0 Å². The molecule has 0 radical (unpaired) electrons. The van der Waals surface area contributed by atoms with Crippen molar-refractivity contribution in [2.45, 2.75) is 6.18 Å². The summed E-state index contributed by atoms with van der Waals surface area (Å²) in [5.74, 6) is 0.739. The molecule has 3 nitrogen and oxygen atoms in total. The van der Waals surface area contributed by atoms with Crippen LogP contribution in [0.1, 0.15) is 11.1 Å². The van der Waals surface area contributed by atoms with E-state index in [9.17, 15) is 13.2 Å². The van der Waals surface area contributed by atoms with Crippen LogP contribution in [0.25, 0.3) is 0 Å². The Balaban J connectivity index is 1.97. The molecular weight excluding hydrogens is 281 g/mol. The van der Waals surface area contributed by atoms with Crippen molar-refractivity contribution in [3.8, 4) is 5.75 Å². The molecule has 1 N–H and O–H groups in total. The second-order valence-electron chi connectivity index (χ2n) is 4.22. The molecule has 0 saturated heterocycles. The first-order valence-electron chi connectivity index (χ1n) is 6.09. The van der Waals surface area contributed by atoms with E-state index in [1.54, 1.807) is 25.5 Å². The Morgan fingerprint density at radius 3 is 2.14 bits per heavy atom. The van der Waals surface area contributed by atoms with Gasteiger partial charge in [0.05, 0.1) is 24.6 Å². The fraction of sp³-hybridized carbons (Fsp3) is 0.133. The Hall–Kier alpha value is -2.50. The van der Waals surface area contributed by atoms with Gasteiger partial charge in [0.1, 0.15) is 5.75 Å². The lowest BCUT2D eigenvalue weighted by Crippen LogP contribution is -2.04. The minimum Gasteiger partial charge on any atom is -0.497 e. The zero-order valence-electron chi connectivity index (χ0n) is 11.2. The first-order valence-corrected chi connectivity index (χ1v) is 6.09. The van der Waals surface area contributed by atoms with Crippen molar-refractivity contribution >= 4 is 11.9 Å². The molecule has 2 aromatic carbocycles. The molecule has 21 heavy (non-hydrogen) atoms. The molecule has 0 heterocycles. The van der Waals surface area contributed by atoms with Crippen molar-refractivity contribution in [1.29, 1.82) is 0 Å². The number of rotatable bonds is 4. The lowest BCUT2D eigenvalue weighted by Gasteiger charge is -2.07. The Morgan fingerprint density at radius 2 is 1.62 bits per heavy atom. The Morgan fingerprint density at radius 1 is 1.00 bits per heavy atom. The summed E-state index contributed by atoms with van der Waals surface area (Å²) in [4.78, 5) is 0. The molecule has 2 rings (SSSR count). The van der Waals surface area contributed by atoms with E-state index in [-0.39, 0.29) is 0 Å². The number of halogens is 3. The zero-order valence-corrected chi connectivity index (χ0v) is 11.2. The smallest absolute Gasteiger partial charge is 0.416 e. The average molecular weight is 294 g/mol. The largest absolute Gasteiger partial charge is 0.497 e. The average Bonchev–Trinajstić information content (AvgIpc) is 2.47. The van der Waals surface area contributed by atoms with Crippen LogP contribution in [0, 0.1) is 0 Å². The molecule has 110 valence electrons. The molecule has 0 atom stereocenters. The number of ether oxygens (including phenoxy) is 1. The van der Waals surface area contributed by atoms with Gasteiger partial charge >= 0.3 is 6.18 Å². The number of nitrogens with one attached hydrogen (secondary N) is 1. The van der Waals surface area contributed by atoms with Gasteiger partial charge in [-0.25, -0.2) is 0 Å². The maximum Gasteiger partial charge on any atom is 0.416 e. The molecule has 2 aromatic rings. The van der Waals surface area contributed by atoms with E-state index in [1.165, 1.54) is 12.1 Å². The lowest BCUT2D eigenvalue weighted by molar-refractivity contribution is -0.137. The van der Waals surface area contributed by atoms with Crippen molar-refractivity contribution in [3.05, 3.63) is 59.7 Å². The van der Waals surface area contributed by atoms with Crippen LogP contribution in [-0.4, -0.2) is 13.3 Å². The summed E-state index contributed by atoms with van der Waals surface area (Å²) in [7, 11) is 1.58. The van der Waals surface area contributed by atoms with E-state index in [2.05, 4.69) is 10.5 Å². The molecule has 0 aliphatic rings. The lowest BCUT2D eigenvalue weighted by atomic mass is 10.2. The van der Waals surface area contributed by atoms with Crippen LogP contribution in [0.4, 0.5) is 18.9 Å². The van der Waals surface area contributed by atoms with Gasteiger partial charge in [-0.1, -0.05) is 0 Å². The van der Waals surface area contributed by atoms with E-state index in [0.29, 0.717) is 5.69 Å². The highest BCUT2D eigenvalue weighted by molar-refractivity contribution is 5.80. The summed E-state index contributed by atoms with van der Waals surface area (Å²) in [6.07, 6.45) is -2.76. The minimum absolute atomic E-state index is 0.479. The normalized spacial score (nSPS) is 11.6. The maximum atomic E-state index is 12.4.